The third-order valence-corrected chi connectivity index (χ3v) is 15.6. The Morgan fingerprint density at radius 3 is 2.06 bits per heavy atom. The molecule has 1 heterocycles. The van der Waals surface area contributed by atoms with Gasteiger partial charge in [-0.3, -0.25) is 0 Å². The summed E-state index contributed by atoms with van der Waals surface area (Å²) in [5, 5.41) is 2.71. The summed E-state index contributed by atoms with van der Waals surface area (Å²) in [4.78, 5) is 2.71. The van der Waals surface area contributed by atoms with Crippen molar-refractivity contribution in [1.29, 1.82) is 0 Å². The second-order valence-corrected chi connectivity index (χ2v) is 18.5. The third kappa shape index (κ3) is 3.65. The molecule has 0 N–H and O–H groups in total. The van der Waals surface area contributed by atoms with Crippen LogP contribution in [0, 0.1) is 30.6 Å². The van der Waals surface area contributed by atoms with Gasteiger partial charge in [0.25, 0.3) is 0 Å². The van der Waals surface area contributed by atoms with Crippen molar-refractivity contribution in [2.45, 2.75) is 63.7 Å². The number of hydrogen-bond donors (Lipinski definition) is 0. The van der Waals surface area contributed by atoms with E-state index in [-0.39, 0.29) is 10.8 Å². The Bertz CT molecular complexity index is 2630. The summed E-state index contributed by atoms with van der Waals surface area (Å²) in [5.74, 6) is 3.30. The molecular formula is C50H43NS. The molecule has 6 aromatic carbocycles. The van der Waals surface area contributed by atoms with Gasteiger partial charge in [0.15, 0.2) is 0 Å². The molecule has 0 atom stereocenters. The molecule has 0 saturated heterocycles. The molecule has 6 aliphatic carbocycles. The number of thiophene rings is 1. The van der Waals surface area contributed by atoms with Gasteiger partial charge in [-0.05, 0) is 132 Å². The molecule has 13 rings (SSSR count). The Balaban J connectivity index is 1.20. The smallest absolute Gasteiger partial charge is 0.0555 e. The van der Waals surface area contributed by atoms with E-state index in [9.17, 15) is 0 Å². The van der Waals surface area contributed by atoms with Crippen molar-refractivity contribution in [2.24, 2.45) is 23.7 Å². The first kappa shape index (κ1) is 29.9. The van der Waals surface area contributed by atoms with Crippen molar-refractivity contribution in [3.8, 4) is 22.3 Å². The van der Waals surface area contributed by atoms with E-state index in [4.69, 9.17) is 0 Å². The van der Waals surface area contributed by atoms with Gasteiger partial charge >= 0.3 is 0 Å². The van der Waals surface area contributed by atoms with Gasteiger partial charge in [-0.15, -0.1) is 11.3 Å². The van der Waals surface area contributed by atoms with E-state index in [1.165, 1.54) is 108 Å². The van der Waals surface area contributed by atoms with Crippen molar-refractivity contribution in [3.63, 3.8) is 0 Å². The molecule has 1 nitrogen and oxygen atoms in total. The highest BCUT2D eigenvalue weighted by atomic mass is 32.1. The van der Waals surface area contributed by atoms with Crippen LogP contribution in [-0.2, 0) is 10.8 Å². The van der Waals surface area contributed by atoms with E-state index >= 15 is 0 Å². The summed E-state index contributed by atoms with van der Waals surface area (Å²) in [6, 6.07) is 47.2. The fourth-order valence-corrected chi connectivity index (χ4v) is 14.0. The number of anilines is 3. The molecular weight excluding hydrogens is 647 g/mol. The summed E-state index contributed by atoms with van der Waals surface area (Å²) in [5.41, 5.74) is 17.1. The highest BCUT2D eigenvalue weighted by molar-refractivity contribution is 7.26. The topological polar surface area (TPSA) is 3.24 Å². The lowest BCUT2D eigenvalue weighted by Crippen LogP contribution is -2.55. The first-order valence-electron chi connectivity index (χ1n) is 19.6. The Hall–Kier alpha value is -4.66. The lowest BCUT2D eigenvalue weighted by molar-refractivity contribution is -0.0399. The molecule has 0 unspecified atom stereocenters. The minimum atomic E-state index is -0.152. The lowest BCUT2D eigenvalue weighted by atomic mass is 9.43. The minimum Gasteiger partial charge on any atom is -0.309 e. The first-order valence-corrected chi connectivity index (χ1v) is 20.4. The van der Waals surface area contributed by atoms with Crippen LogP contribution < -0.4 is 4.90 Å². The maximum absolute atomic E-state index is 2.71. The van der Waals surface area contributed by atoms with Crippen LogP contribution in [0.1, 0.15) is 73.8 Å². The van der Waals surface area contributed by atoms with E-state index in [0.717, 1.165) is 23.7 Å². The summed E-state index contributed by atoms with van der Waals surface area (Å²) in [6.45, 7) is 7.20. The molecule has 1 spiro atoms. The molecule has 4 saturated carbocycles. The van der Waals surface area contributed by atoms with Crippen molar-refractivity contribution in [1.82, 2.24) is 0 Å². The van der Waals surface area contributed by atoms with Gasteiger partial charge in [0, 0.05) is 36.6 Å². The Labute approximate surface area is 311 Å². The second kappa shape index (κ2) is 10.3. The van der Waals surface area contributed by atoms with E-state index in [1.807, 2.05) is 11.3 Å². The number of rotatable bonds is 3. The van der Waals surface area contributed by atoms with E-state index in [0.29, 0.717) is 0 Å². The molecule has 0 radical (unpaired) electrons. The van der Waals surface area contributed by atoms with E-state index < -0.39 is 0 Å². The molecule has 7 aromatic rings. The van der Waals surface area contributed by atoms with Gasteiger partial charge in [-0.25, -0.2) is 0 Å². The Morgan fingerprint density at radius 1 is 0.558 bits per heavy atom. The molecule has 52 heavy (non-hydrogen) atoms. The van der Waals surface area contributed by atoms with Crippen LogP contribution in [0.2, 0.25) is 0 Å². The van der Waals surface area contributed by atoms with Crippen LogP contribution in [0.15, 0.2) is 121 Å². The van der Waals surface area contributed by atoms with Gasteiger partial charge < -0.3 is 4.90 Å². The van der Waals surface area contributed by atoms with Gasteiger partial charge in [0.2, 0.25) is 0 Å². The quantitative estimate of drug-likeness (QED) is 0.178. The average molecular weight is 690 g/mol. The number of fused-ring (bicyclic) bond motifs is 9. The number of benzene rings is 6. The molecule has 254 valence electrons. The van der Waals surface area contributed by atoms with Crippen LogP contribution in [0.3, 0.4) is 0 Å². The average Bonchev–Trinajstić information content (AvgIpc) is 3.75. The standard InChI is InChI=1S/C50H43NS/c1-29-21-22-36-40(23-29)50(32-25-30-24-31(27-32)28-33(50)26-30)39-15-9-16-41(46(36)39)51(42-17-10-20-45-47(42)37-12-5-7-19-44(37)52-45)43-18-8-13-35-34-11-4-6-14-38(34)49(2,3)48(35)43/h4-23,30-33H,24-28H2,1-3H3. The SMILES string of the molecule is Cc1ccc2c(c1)C1(c3cccc(N(c4cccc5c4C(C)(C)c4ccccc4-5)c4cccc5sc6ccccc6c45)c3-2)C2CC3CC(C2)CC1C3. The highest BCUT2D eigenvalue weighted by Gasteiger charge is 2.62. The molecule has 0 amide bonds. The summed E-state index contributed by atoms with van der Waals surface area (Å²) < 4.78 is 2.70. The maximum atomic E-state index is 2.71. The number of hydrogen-bond acceptors (Lipinski definition) is 2. The normalized spacial score (nSPS) is 25.4. The predicted molar refractivity (Wildman–Crippen MR) is 220 cm³/mol. The van der Waals surface area contributed by atoms with Crippen LogP contribution in [-0.4, -0.2) is 0 Å². The Morgan fingerprint density at radius 2 is 1.21 bits per heavy atom. The maximum Gasteiger partial charge on any atom is 0.0555 e. The summed E-state index contributed by atoms with van der Waals surface area (Å²) >= 11 is 1.92. The van der Waals surface area contributed by atoms with Gasteiger partial charge in [-0.2, -0.15) is 0 Å². The fourth-order valence-electron chi connectivity index (χ4n) is 12.9. The largest absolute Gasteiger partial charge is 0.309 e. The highest BCUT2D eigenvalue weighted by Crippen LogP contribution is 2.71. The van der Waals surface area contributed by atoms with Crippen LogP contribution in [0.5, 0.6) is 0 Å². The monoisotopic (exact) mass is 689 g/mol. The summed E-state index contributed by atoms with van der Waals surface area (Å²) in [6.07, 6.45) is 7.05. The second-order valence-electron chi connectivity index (χ2n) is 17.4. The Kier molecular flexibility index (Phi) is 5.90. The fraction of sp³-hybridized carbons (Fsp3) is 0.280. The molecule has 0 aliphatic heterocycles. The van der Waals surface area contributed by atoms with Crippen molar-refractivity contribution in [2.75, 3.05) is 4.90 Å². The van der Waals surface area contributed by atoms with Gasteiger partial charge in [0.05, 0.1) is 17.1 Å². The van der Waals surface area contributed by atoms with Gasteiger partial charge in [0.1, 0.15) is 0 Å². The van der Waals surface area contributed by atoms with Crippen molar-refractivity contribution >= 4 is 48.6 Å². The summed E-state index contributed by atoms with van der Waals surface area (Å²) in [7, 11) is 0. The van der Waals surface area contributed by atoms with Crippen LogP contribution >= 0.6 is 11.3 Å². The molecule has 4 fully saturated rings. The van der Waals surface area contributed by atoms with Gasteiger partial charge in [-0.1, -0.05) is 110 Å². The molecule has 6 aliphatic rings. The minimum absolute atomic E-state index is 0.112. The molecule has 4 bridgehead atoms. The number of aryl methyl sites for hydroxylation is 1. The zero-order chi connectivity index (χ0) is 34.5. The zero-order valence-electron chi connectivity index (χ0n) is 30.2. The lowest BCUT2D eigenvalue weighted by Gasteiger charge is -2.61. The third-order valence-electron chi connectivity index (χ3n) is 14.5. The molecule has 1 aromatic heterocycles. The van der Waals surface area contributed by atoms with E-state index in [1.54, 1.807) is 11.1 Å². The zero-order valence-corrected chi connectivity index (χ0v) is 31.1. The van der Waals surface area contributed by atoms with Crippen molar-refractivity contribution in [3.05, 3.63) is 149 Å². The first-order chi connectivity index (χ1) is 25.4. The van der Waals surface area contributed by atoms with Crippen molar-refractivity contribution < 1.29 is 0 Å². The van der Waals surface area contributed by atoms with E-state index in [2.05, 4.69) is 147 Å². The molecule has 2 heteroatoms. The van der Waals surface area contributed by atoms with Crippen LogP contribution in [0.25, 0.3) is 42.4 Å². The van der Waals surface area contributed by atoms with Crippen LogP contribution in [0.4, 0.5) is 17.1 Å². The predicted octanol–water partition coefficient (Wildman–Crippen LogP) is 13.9. The number of nitrogens with zero attached hydrogens (tertiary/aromatic N) is 1.